The molecule has 0 unspecified atom stereocenters. The monoisotopic (exact) mass is 409 g/mol. The topological polar surface area (TPSA) is 28.9 Å². The molecule has 0 saturated carbocycles. The highest BCUT2D eigenvalue weighted by Gasteiger charge is 2.16. The van der Waals surface area contributed by atoms with E-state index in [-0.39, 0.29) is 0 Å². The molecule has 0 fully saturated rings. The summed E-state index contributed by atoms with van der Waals surface area (Å²) in [5.41, 5.74) is 8.82. The second-order valence-electron chi connectivity index (χ2n) is 8.26. The maximum Gasteiger partial charge on any atom is 0.143 e. The summed E-state index contributed by atoms with van der Waals surface area (Å²) in [5, 5.41) is 4.77. The van der Waals surface area contributed by atoms with Gasteiger partial charge in [-0.1, -0.05) is 91.0 Å². The summed E-state index contributed by atoms with van der Waals surface area (Å²) >= 11 is 0. The molecule has 2 aromatic heterocycles. The van der Waals surface area contributed by atoms with Gasteiger partial charge < -0.3 is 9.40 Å². The average molecular weight is 409 g/mol. The molecule has 0 spiro atoms. The van der Waals surface area contributed by atoms with Crippen LogP contribution in [-0.4, -0.2) is 4.98 Å². The summed E-state index contributed by atoms with van der Waals surface area (Å²) in [4.78, 5) is 3.63. The first-order chi connectivity index (χ1) is 15.9. The molecule has 0 aliphatic carbocycles. The van der Waals surface area contributed by atoms with E-state index in [1.165, 1.54) is 21.9 Å². The van der Waals surface area contributed by atoms with Gasteiger partial charge in [-0.25, -0.2) is 0 Å². The maximum atomic E-state index is 6.44. The lowest BCUT2D eigenvalue weighted by atomic mass is 9.98. The van der Waals surface area contributed by atoms with E-state index >= 15 is 0 Å². The lowest BCUT2D eigenvalue weighted by Gasteiger charge is -2.05. The number of aromatic nitrogens is 1. The zero-order valence-corrected chi connectivity index (χ0v) is 17.3. The molecular formula is C30H19NO. The van der Waals surface area contributed by atoms with Crippen molar-refractivity contribution in [1.82, 2.24) is 4.98 Å². The Bertz CT molecular complexity index is 1770. The Labute approximate surface area is 184 Å². The zero-order chi connectivity index (χ0) is 21.1. The molecule has 0 aliphatic rings. The average Bonchev–Trinajstić information content (AvgIpc) is 3.42. The number of furan rings is 1. The van der Waals surface area contributed by atoms with Crippen LogP contribution in [0, 0.1) is 0 Å². The molecular weight excluding hydrogens is 390 g/mol. The lowest BCUT2D eigenvalue weighted by molar-refractivity contribution is 0.670. The van der Waals surface area contributed by atoms with Crippen LogP contribution in [0.5, 0.6) is 0 Å². The van der Waals surface area contributed by atoms with Crippen LogP contribution in [0.2, 0.25) is 0 Å². The van der Waals surface area contributed by atoms with Crippen molar-refractivity contribution in [3.05, 3.63) is 109 Å². The van der Waals surface area contributed by atoms with E-state index < -0.39 is 0 Å². The van der Waals surface area contributed by atoms with Crippen LogP contribution >= 0.6 is 0 Å². The normalized spacial score (nSPS) is 11.8. The largest absolute Gasteiger partial charge is 0.455 e. The fourth-order valence-electron chi connectivity index (χ4n) is 4.92. The predicted octanol–water partition coefficient (Wildman–Crippen LogP) is 8.55. The maximum absolute atomic E-state index is 6.44. The van der Waals surface area contributed by atoms with Crippen LogP contribution < -0.4 is 0 Å². The Hall–Kier alpha value is -4.30. The van der Waals surface area contributed by atoms with Crippen LogP contribution in [0.4, 0.5) is 0 Å². The third-order valence-electron chi connectivity index (χ3n) is 6.44. The zero-order valence-electron chi connectivity index (χ0n) is 17.3. The van der Waals surface area contributed by atoms with E-state index in [0.29, 0.717) is 0 Å². The van der Waals surface area contributed by atoms with Gasteiger partial charge in [-0.15, -0.1) is 0 Å². The van der Waals surface area contributed by atoms with Gasteiger partial charge in [-0.2, -0.15) is 0 Å². The van der Waals surface area contributed by atoms with Crippen molar-refractivity contribution in [3.8, 4) is 22.3 Å². The first-order valence-electron chi connectivity index (χ1n) is 10.9. The van der Waals surface area contributed by atoms with E-state index in [4.69, 9.17) is 4.42 Å². The number of nitrogens with one attached hydrogen (secondary N) is 1. The molecule has 5 aromatic carbocycles. The van der Waals surface area contributed by atoms with Gasteiger partial charge in [0.15, 0.2) is 0 Å². The van der Waals surface area contributed by atoms with Gasteiger partial charge in [0.25, 0.3) is 0 Å². The first-order valence-corrected chi connectivity index (χ1v) is 10.9. The minimum atomic E-state index is 0.913. The Morgan fingerprint density at radius 2 is 1.25 bits per heavy atom. The number of benzene rings is 5. The van der Waals surface area contributed by atoms with Gasteiger partial charge in [0, 0.05) is 38.2 Å². The molecule has 0 saturated heterocycles. The summed E-state index contributed by atoms with van der Waals surface area (Å²) in [6, 6.07) is 38.3. The minimum absolute atomic E-state index is 0.913. The SMILES string of the molecule is c1ccc(-c2ccc3oc4c(-c5cccc6c5[nH]c5ccccc56)cccc4c3c2)cc1. The number of hydrogen-bond acceptors (Lipinski definition) is 1. The van der Waals surface area contributed by atoms with Gasteiger partial charge in [-0.3, -0.25) is 0 Å². The van der Waals surface area contributed by atoms with E-state index in [1.807, 2.05) is 6.07 Å². The molecule has 0 aliphatic heterocycles. The molecule has 0 amide bonds. The minimum Gasteiger partial charge on any atom is -0.455 e. The number of fused-ring (bicyclic) bond motifs is 6. The van der Waals surface area contributed by atoms with Crippen molar-refractivity contribution < 1.29 is 4.42 Å². The summed E-state index contributed by atoms with van der Waals surface area (Å²) < 4.78 is 6.44. The van der Waals surface area contributed by atoms with Crippen molar-refractivity contribution in [2.24, 2.45) is 0 Å². The van der Waals surface area contributed by atoms with E-state index in [0.717, 1.165) is 44.1 Å². The van der Waals surface area contributed by atoms with Gasteiger partial charge in [-0.05, 0) is 29.3 Å². The molecule has 32 heavy (non-hydrogen) atoms. The van der Waals surface area contributed by atoms with Crippen molar-refractivity contribution >= 4 is 43.7 Å². The second kappa shape index (κ2) is 6.60. The smallest absolute Gasteiger partial charge is 0.143 e. The molecule has 0 radical (unpaired) electrons. The quantitative estimate of drug-likeness (QED) is 0.304. The third kappa shape index (κ3) is 2.47. The highest BCUT2D eigenvalue weighted by atomic mass is 16.3. The highest BCUT2D eigenvalue weighted by molar-refractivity contribution is 6.16. The molecule has 2 heteroatoms. The van der Waals surface area contributed by atoms with Crippen LogP contribution in [0.3, 0.4) is 0 Å². The lowest BCUT2D eigenvalue weighted by Crippen LogP contribution is -1.81. The third-order valence-corrected chi connectivity index (χ3v) is 6.44. The van der Waals surface area contributed by atoms with Crippen LogP contribution in [0.1, 0.15) is 0 Å². The fourth-order valence-corrected chi connectivity index (χ4v) is 4.92. The van der Waals surface area contributed by atoms with Crippen LogP contribution in [-0.2, 0) is 0 Å². The number of hydrogen-bond donors (Lipinski definition) is 1. The Morgan fingerprint density at radius 1 is 0.500 bits per heavy atom. The number of rotatable bonds is 2. The molecule has 7 rings (SSSR count). The number of H-pyrrole nitrogens is 1. The van der Waals surface area contributed by atoms with Crippen molar-refractivity contribution in [1.29, 1.82) is 0 Å². The molecule has 2 heterocycles. The molecule has 1 N–H and O–H groups in total. The summed E-state index contributed by atoms with van der Waals surface area (Å²) in [7, 11) is 0. The summed E-state index contributed by atoms with van der Waals surface area (Å²) in [5.74, 6) is 0. The molecule has 150 valence electrons. The Balaban J connectivity index is 1.51. The van der Waals surface area contributed by atoms with Crippen LogP contribution in [0.15, 0.2) is 114 Å². The Kier molecular flexibility index (Phi) is 3.58. The van der Waals surface area contributed by atoms with Crippen molar-refractivity contribution in [3.63, 3.8) is 0 Å². The van der Waals surface area contributed by atoms with Gasteiger partial charge >= 0.3 is 0 Å². The number of aromatic amines is 1. The Morgan fingerprint density at radius 3 is 2.16 bits per heavy atom. The van der Waals surface area contributed by atoms with Gasteiger partial charge in [0.1, 0.15) is 11.2 Å². The van der Waals surface area contributed by atoms with Crippen LogP contribution in [0.25, 0.3) is 66.0 Å². The molecule has 0 atom stereocenters. The summed E-state index contributed by atoms with van der Waals surface area (Å²) in [6.45, 7) is 0. The first kappa shape index (κ1) is 17.4. The van der Waals surface area contributed by atoms with Crippen molar-refractivity contribution in [2.75, 3.05) is 0 Å². The van der Waals surface area contributed by atoms with Gasteiger partial charge in [0.05, 0.1) is 5.52 Å². The van der Waals surface area contributed by atoms with E-state index in [9.17, 15) is 0 Å². The highest BCUT2D eigenvalue weighted by Crippen LogP contribution is 2.40. The molecule has 2 nitrogen and oxygen atoms in total. The second-order valence-corrected chi connectivity index (χ2v) is 8.26. The van der Waals surface area contributed by atoms with E-state index in [2.05, 4.69) is 108 Å². The molecule has 7 aromatic rings. The van der Waals surface area contributed by atoms with Crippen molar-refractivity contribution in [2.45, 2.75) is 0 Å². The summed E-state index contributed by atoms with van der Waals surface area (Å²) in [6.07, 6.45) is 0. The number of para-hydroxylation sites is 3. The van der Waals surface area contributed by atoms with Gasteiger partial charge in [0.2, 0.25) is 0 Å². The fraction of sp³-hybridized carbons (Fsp3) is 0. The predicted molar refractivity (Wildman–Crippen MR) is 134 cm³/mol. The molecule has 0 bridgehead atoms. The van der Waals surface area contributed by atoms with E-state index in [1.54, 1.807) is 0 Å². The standard InChI is InChI=1S/C30H19NO/c1-2-8-19(9-3-1)20-16-17-28-26(18-20)25-14-7-13-24(30(25)32-28)23-12-6-11-22-21-10-4-5-15-27(21)31-29(22)23/h1-18,31H.